The Morgan fingerprint density at radius 3 is 2.38 bits per heavy atom. The van der Waals surface area contributed by atoms with Gasteiger partial charge in [0.2, 0.25) is 0 Å². The average molecular weight is 179 g/mol. The molecule has 0 atom stereocenters. The van der Waals surface area contributed by atoms with Crippen LogP contribution in [-0.2, 0) is 4.79 Å². The van der Waals surface area contributed by atoms with E-state index in [1.807, 2.05) is 18.2 Å². The number of nitrogens with zero attached hydrogens (tertiary/aromatic N) is 1. The molecule has 0 aliphatic heterocycles. The van der Waals surface area contributed by atoms with Gasteiger partial charge in [0.1, 0.15) is 0 Å². The van der Waals surface area contributed by atoms with Crippen molar-refractivity contribution in [1.29, 1.82) is 0 Å². The van der Waals surface area contributed by atoms with Crippen LogP contribution in [0.25, 0.3) is 6.08 Å². The molecule has 0 fully saturated rings. The summed E-state index contributed by atoms with van der Waals surface area (Å²) in [5.41, 5.74) is 0.817. The summed E-state index contributed by atoms with van der Waals surface area (Å²) in [7, 11) is 0. The topological polar surface area (TPSA) is 60.8 Å². The van der Waals surface area contributed by atoms with Crippen molar-refractivity contribution in [2.24, 2.45) is 0 Å². The first-order valence-corrected chi connectivity index (χ1v) is 3.65. The Balaban J connectivity index is 2.64. The summed E-state index contributed by atoms with van der Waals surface area (Å²) in [6.45, 7) is 0. The van der Waals surface area contributed by atoms with Crippen molar-refractivity contribution in [1.82, 2.24) is 5.23 Å². The lowest BCUT2D eigenvalue weighted by molar-refractivity contribution is -0.280. The Morgan fingerprint density at radius 1 is 1.23 bits per heavy atom. The van der Waals surface area contributed by atoms with E-state index in [9.17, 15) is 4.79 Å². The molecule has 0 saturated carbocycles. The fourth-order valence-electron chi connectivity index (χ4n) is 0.798. The zero-order chi connectivity index (χ0) is 9.68. The van der Waals surface area contributed by atoms with Gasteiger partial charge in [0.15, 0.2) is 0 Å². The van der Waals surface area contributed by atoms with Crippen LogP contribution >= 0.6 is 0 Å². The molecule has 13 heavy (non-hydrogen) atoms. The van der Waals surface area contributed by atoms with Crippen LogP contribution in [-0.4, -0.2) is 21.5 Å². The molecule has 0 heterocycles. The molecule has 0 aliphatic carbocycles. The molecule has 2 N–H and O–H groups in total. The molecule has 0 radical (unpaired) electrons. The number of hydrogen-bond donors (Lipinski definition) is 2. The summed E-state index contributed by atoms with van der Waals surface area (Å²) in [4.78, 5) is 10.7. The van der Waals surface area contributed by atoms with E-state index in [2.05, 4.69) is 0 Å². The number of benzene rings is 1. The highest BCUT2D eigenvalue weighted by Crippen LogP contribution is 2.00. The van der Waals surface area contributed by atoms with Crippen LogP contribution in [0.1, 0.15) is 5.56 Å². The largest absolute Gasteiger partial charge is 0.296 e. The van der Waals surface area contributed by atoms with E-state index < -0.39 is 11.1 Å². The highest BCUT2D eigenvalue weighted by molar-refractivity contribution is 5.90. The fraction of sp³-hybridized carbons (Fsp3) is 0. The van der Waals surface area contributed by atoms with Crippen molar-refractivity contribution in [3.8, 4) is 0 Å². The van der Waals surface area contributed by atoms with Crippen molar-refractivity contribution in [2.75, 3.05) is 0 Å². The lowest BCUT2D eigenvalue weighted by Gasteiger charge is -1.99. The Bertz CT molecular complexity index is 306. The number of carbonyl (C=O) groups is 1. The third kappa shape index (κ3) is 3.06. The third-order valence-electron chi connectivity index (χ3n) is 1.42. The second-order valence-corrected chi connectivity index (χ2v) is 2.37. The first-order chi connectivity index (χ1) is 6.20. The van der Waals surface area contributed by atoms with Gasteiger partial charge in [0.05, 0.1) is 0 Å². The molecule has 1 aromatic rings. The van der Waals surface area contributed by atoms with Crippen molar-refractivity contribution in [2.45, 2.75) is 0 Å². The van der Waals surface area contributed by atoms with E-state index in [0.29, 0.717) is 0 Å². The van der Waals surface area contributed by atoms with Gasteiger partial charge >= 0.3 is 0 Å². The zero-order valence-corrected chi connectivity index (χ0v) is 6.79. The van der Waals surface area contributed by atoms with E-state index in [1.165, 1.54) is 6.08 Å². The molecular formula is C9H9NO3. The summed E-state index contributed by atoms with van der Waals surface area (Å²) >= 11 is 0. The number of hydrogen-bond acceptors (Lipinski definition) is 3. The molecule has 0 bridgehead atoms. The smallest absolute Gasteiger partial charge is 0.265 e. The van der Waals surface area contributed by atoms with Crippen LogP contribution in [0.4, 0.5) is 0 Å². The quantitative estimate of drug-likeness (QED) is 0.408. The van der Waals surface area contributed by atoms with Gasteiger partial charge in [-0.05, 0) is 11.6 Å². The van der Waals surface area contributed by atoms with Crippen LogP contribution in [0.5, 0.6) is 0 Å². The van der Waals surface area contributed by atoms with Crippen LogP contribution < -0.4 is 0 Å². The van der Waals surface area contributed by atoms with Crippen molar-refractivity contribution in [3.63, 3.8) is 0 Å². The van der Waals surface area contributed by atoms with E-state index >= 15 is 0 Å². The molecular weight excluding hydrogens is 170 g/mol. The normalized spacial score (nSPS) is 10.3. The standard InChI is InChI=1S/C9H9NO3/c11-9(10(12)13)7-6-8-4-2-1-3-5-8/h1-7,12-13H. The molecule has 4 nitrogen and oxygen atoms in total. The molecule has 4 heteroatoms. The van der Waals surface area contributed by atoms with Crippen molar-refractivity contribution >= 4 is 12.0 Å². The minimum absolute atomic E-state index is 0.459. The van der Waals surface area contributed by atoms with Crippen LogP contribution in [0, 0.1) is 0 Å². The van der Waals surface area contributed by atoms with Gasteiger partial charge < -0.3 is 0 Å². The number of carbonyl (C=O) groups excluding carboxylic acids is 1. The first-order valence-electron chi connectivity index (χ1n) is 3.65. The lowest BCUT2D eigenvalue weighted by Crippen LogP contribution is -2.20. The maximum absolute atomic E-state index is 10.7. The predicted octanol–water partition coefficient (Wildman–Crippen LogP) is 1.31. The van der Waals surface area contributed by atoms with E-state index in [0.717, 1.165) is 11.6 Å². The van der Waals surface area contributed by atoms with E-state index in [-0.39, 0.29) is 0 Å². The average Bonchev–Trinajstić information content (AvgIpc) is 2.15. The molecule has 0 spiro atoms. The van der Waals surface area contributed by atoms with Crippen molar-refractivity contribution in [3.05, 3.63) is 42.0 Å². The van der Waals surface area contributed by atoms with Crippen LogP contribution in [0.2, 0.25) is 0 Å². The molecule has 1 amide bonds. The lowest BCUT2D eigenvalue weighted by atomic mass is 10.2. The van der Waals surface area contributed by atoms with Gasteiger partial charge in [-0.3, -0.25) is 15.2 Å². The summed E-state index contributed by atoms with van der Waals surface area (Å²) in [6.07, 6.45) is 2.55. The Labute approximate surface area is 75.3 Å². The van der Waals surface area contributed by atoms with Gasteiger partial charge in [-0.2, -0.15) is 0 Å². The SMILES string of the molecule is O=C(C=Cc1ccccc1)N(O)O. The van der Waals surface area contributed by atoms with Crippen LogP contribution in [0.3, 0.4) is 0 Å². The van der Waals surface area contributed by atoms with Gasteiger partial charge in [0, 0.05) is 6.08 Å². The van der Waals surface area contributed by atoms with Crippen molar-refractivity contribution < 1.29 is 15.2 Å². The summed E-state index contributed by atoms with van der Waals surface area (Å²) in [6, 6.07) is 9.08. The molecule has 0 saturated heterocycles. The summed E-state index contributed by atoms with van der Waals surface area (Å²) in [5.74, 6) is -0.885. The fourth-order valence-corrected chi connectivity index (χ4v) is 0.798. The van der Waals surface area contributed by atoms with E-state index in [1.54, 1.807) is 12.1 Å². The monoisotopic (exact) mass is 179 g/mol. The van der Waals surface area contributed by atoms with Gasteiger partial charge in [-0.15, -0.1) is 0 Å². The molecule has 0 aromatic heterocycles. The Kier molecular flexibility index (Phi) is 3.19. The van der Waals surface area contributed by atoms with E-state index in [4.69, 9.17) is 10.4 Å². The second kappa shape index (κ2) is 4.39. The molecule has 0 unspecified atom stereocenters. The summed E-state index contributed by atoms with van der Waals surface area (Å²) in [5, 5.41) is 16.1. The highest BCUT2D eigenvalue weighted by Gasteiger charge is 2.00. The minimum atomic E-state index is -0.885. The maximum Gasteiger partial charge on any atom is 0.296 e. The Hall–Kier alpha value is -1.65. The molecule has 1 aromatic carbocycles. The minimum Gasteiger partial charge on any atom is -0.265 e. The number of hydroxylamine groups is 2. The molecule has 0 aliphatic rings. The number of amides is 1. The summed E-state index contributed by atoms with van der Waals surface area (Å²) < 4.78 is 0. The van der Waals surface area contributed by atoms with Gasteiger partial charge in [-0.1, -0.05) is 35.6 Å². The zero-order valence-electron chi connectivity index (χ0n) is 6.79. The Morgan fingerprint density at radius 2 is 1.85 bits per heavy atom. The molecule has 68 valence electrons. The third-order valence-corrected chi connectivity index (χ3v) is 1.42. The predicted molar refractivity (Wildman–Crippen MR) is 45.9 cm³/mol. The highest BCUT2D eigenvalue weighted by atomic mass is 16.8. The first kappa shape index (κ1) is 9.44. The molecule has 1 rings (SSSR count). The van der Waals surface area contributed by atoms with Crippen LogP contribution in [0.15, 0.2) is 36.4 Å². The van der Waals surface area contributed by atoms with Gasteiger partial charge in [0.25, 0.3) is 5.91 Å². The maximum atomic E-state index is 10.7. The number of rotatable bonds is 2. The second-order valence-electron chi connectivity index (χ2n) is 2.37. The van der Waals surface area contributed by atoms with Gasteiger partial charge in [-0.25, -0.2) is 0 Å².